The van der Waals surface area contributed by atoms with E-state index in [1.807, 2.05) is 22.6 Å². The first-order valence-corrected chi connectivity index (χ1v) is 8.48. The SMILES string of the molecule is CCOC(=O)c1cnc(N)cc1Nc1ccc(I)cc1F.O=C(O)C(F)(F)F. The van der Waals surface area contributed by atoms with Crippen molar-refractivity contribution >= 4 is 51.7 Å². The summed E-state index contributed by atoms with van der Waals surface area (Å²) in [6, 6.07) is 6.18. The van der Waals surface area contributed by atoms with Gasteiger partial charge in [0, 0.05) is 15.8 Å². The van der Waals surface area contributed by atoms with Crippen LogP contribution >= 0.6 is 22.6 Å². The number of nitrogens with two attached hydrogens (primary N) is 1. The third-order valence-corrected chi connectivity index (χ3v) is 3.53. The lowest BCUT2D eigenvalue weighted by atomic mass is 10.2. The molecule has 0 saturated carbocycles. The summed E-state index contributed by atoms with van der Waals surface area (Å²) in [5.41, 5.74) is 6.41. The highest BCUT2D eigenvalue weighted by Crippen LogP contribution is 2.25. The summed E-state index contributed by atoms with van der Waals surface area (Å²) >= 11 is 2.01. The zero-order valence-electron chi connectivity index (χ0n) is 14.2. The van der Waals surface area contributed by atoms with Gasteiger partial charge < -0.3 is 20.9 Å². The first kappa shape index (κ1) is 23.4. The van der Waals surface area contributed by atoms with Gasteiger partial charge in [-0.1, -0.05) is 0 Å². The molecule has 0 aliphatic rings. The van der Waals surface area contributed by atoms with E-state index in [0.717, 1.165) is 3.57 Å². The van der Waals surface area contributed by atoms with Crippen molar-refractivity contribution in [1.82, 2.24) is 4.98 Å². The van der Waals surface area contributed by atoms with Crippen molar-refractivity contribution in [1.29, 1.82) is 0 Å². The maximum Gasteiger partial charge on any atom is 0.490 e. The van der Waals surface area contributed by atoms with E-state index in [4.69, 9.17) is 20.4 Å². The average molecular weight is 515 g/mol. The van der Waals surface area contributed by atoms with Gasteiger partial charge in [-0.15, -0.1) is 0 Å². The number of benzene rings is 1. The molecular formula is C16H14F4IN3O4. The van der Waals surface area contributed by atoms with Crippen LogP contribution in [0.1, 0.15) is 17.3 Å². The molecule has 2 aromatic rings. The van der Waals surface area contributed by atoms with Crippen molar-refractivity contribution in [3.63, 3.8) is 0 Å². The number of hydrogen-bond donors (Lipinski definition) is 3. The molecule has 0 fully saturated rings. The van der Waals surface area contributed by atoms with Crippen LogP contribution in [0.25, 0.3) is 0 Å². The Kier molecular flexibility index (Phi) is 8.40. The van der Waals surface area contributed by atoms with Crippen LogP contribution in [0, 0.1) is 9.39 Å². The number of carbonyl (C=O) groups excluding carboxylic acids is 1. The van der Waals surface area contributed by atoms with E-state index in [1.54, 1.807) is 19.1 Å². The number of esters is 1. The highest BCUT2D eigenvalue weighted by molar-refractivity contribution is 14.1. The largest absolute Gasteiger partial charge is 0.490 e. The molecule has 7 nitrogen and oxygen atoms in total. The van der Waals surface area contributed by atoms with Gasteiger partial charge in [0.15, 0.2) is 0 Å². The van der Waals surface area contributed by atoms with E-state index in [9.17, 15) is 22.4 Å². The second kappa shape index (κ2) is 10.1. The van der Waals surface area contributed by atoms with Crippen LogP contribution in [0.15, 0.2) is 30.5 Å². The molecular weight excluding hydrogens is 501 g/mol. The molecule has 1 heterocycles. The van der Waals surface area contributed by atoms with Gasteiger partial charge in [0.2, 0.25) is 0 Å². The number of nitrogen functional groups attached to an aromatic ring is 1. The second-order valence-electron chi connectivity index (χ2n) is 4.93. The highest BCUT2D eigenvalue weighted by atomic mass is 127. The van der Waals surface area contributed by atoms with E-state index < -0.39 is 23.9 Å². The number of pyridine rings is 1. The molecule has 28 heavy (non-hydrogen) atoms. The van der Waals surface area contributed by atoms with Crippen molar-refractivity contribution < 1.29 is 37.0 Å². The number of carboxylic acid groups (broad SMARTS) is 1. The van der Waals surface area contributed by atoms with Gasteiger partial charge in [-0.2, -0.15) is 13.2 Å². The summed E-state index contributed by atoms with van der Waals surface area (Å²) in [6.07, 6.45) is -3.78. The number of alkyl halides is 3. The van der Waals surface area contributed by atoms with Crippen LogP contribution in [0.4, 0.5) is 34.8 Å². The molecule has 0 radical (unpaired) electrons. The van der Waals surface area contributed by atoms with Crippen LogP contribution in [0.5, 0.6) is 0 Å². The third-order valence-electron chi connectivity index (χ3n) is 2.86. The second-order valence-corrected chi connectivity index (χ2v) is 6.17. The maximum atomic E-state index is 13.9. The lowest BCUT2D eigenvalue weighted by Gasteiger charge is -2.12. The van der Waals surface area contributed by atoms with Gasteiger partial charge in [-0.05, 0) is 47.7 Å². The zero-order valence-corrected chi connectivity index (χ0v) is 16.3. The number of rotatable bonds is 4. The van der Waals surface area contributed by atoms with Crippen molar-refractivity contribution in [2.45, 2.75) is 13.1 Å². The average Bonchev–Trinajstić information content (AvgIpc) is 2.57. The molecule has 1 aromatic carbocycles. The van der Waals surface area contributed by atoms with Gasteiger partial charge in [-0.25, -0.2) is 19.0 Å². The number of aromatic nitrogens is 1. The summed E-state index contributed by atoms with van der Waals surface area (Å²) in [5, 5.41) is 9.97. The number of carbonyl (C=O) groups is 2. The number of ether oxygens (including phenoxy) is 1. The van der Waals surface area contributed by atoms with Gasteiger partial charge in [0.25, 0.3) is 0 Å². The number of carboxylic acids is 1. The number of hydrogen-bond acceptors (Lipinski definition) is 6. The molecule has 0 spiro atoms. The first-order valence-electron chi connectivity index (χ1n) is 7.40. The lowest BCUT2D eigenvalue weighted by Crippen LogP contribution is -2.21. The quantitative estimate of drug-likeness (QED) is 0.321. The van der Waals surface area contributed by atoms with Crippen molar-refractivity contribution in [3.05, 3.63) is 45.4 Å². The number of nitrogens with zero attached hydrogens (tertiary/aromatic N) is 1. The van der Waals surface area contributed by atoms with Gasteiger partial charge >= 0.3 is 18.1 Å². The van der Waals surface area contributed by atoms with E-state index in [-0.39, 0.29) is 23.7 Å². The van der Waals surface area contributed by atoms with Crippen molar-refractivity contribution in [3.8, 4) is 0 Å². The number of halogens is 5. The molecule has 12 heteroatoms. The van der Waals surface area contributed by atoms with Crippen LogP contribution in [-0.2, 0) is 9.53 Å². The zero-order chi connectivity index (χ0) is 21.5. The predicted octanol–water partition coefficient (Wildman–Crippen LogP) is 3.96. The standard InChI is InChI=1S/C14H13FIN3O2.C2HF3O2/c1-2-21-14(20)9-7-18-13(17)6-12(9)19-11-4-3-8(16)5-10(11)15;3-2(4,5)1(6)7/h3-7H,2H2,1H3,(H3,17,18,19);(H,6,7). The summed E-state index contributed by atoms with van der Waals surface area (Å²) in [4.78, 5) is 24.6. The van der Waals surface area contributed by atoms with E-state index in [0.29, 0.717) is 5.69 Å². The Bertz CT molecular complexity index is 862. The highest BCUT2D eigenvalue weighted by Gasteiger charge is 2.38. The van der Waals surface area contributed by atoms with E-state index >= 15 is 0 Å². The number of anilines is 3. The minimum absolute atomic E-state index is 0.198. The molecule has 0 atom stereocenters. The van der Waals surface area contributed by atoms with E-state index in [2.05, 4.69) is 10.3 Å². The van der Waals surface area contributed by atoms with Crippen LogP contribution in [-0.4, -0.2) is 34.8 Å². The third kappa shape index (κ3) is 7.17. The molecule has 0 amide bonds. The summed E-state index contributed by atoms with van der Waals surface area (Å²) in [7, 11) is 0. The maximum absolute atomic E-state index is 13.9. The molecule has 0 aliphatic heterocycles. The van der Waals surface area contributed by atoms with Crippen molar-refractivity contribution in [2.75, 3.05) is 17.7 Å². The Labute approximate surface area is 170 Å². The molecule has 1 aromatic heterocycles. The van der Waals surface area contributed by atoms with Gasteiger partial charge in [0.05, 0.1) is 18.0 Å². The molecule has 2 rings (SSSR count). The topological polar surface area (TPSA) is 115 Å². The first-order chi connectivity index (χ1) is 13.0. The Hall–Kier alpha value is -2.64. The van der Waals surface area contributed by atoms with Crippen LogP contribution < -0.4 is 11.1 Å². The predicted molar refractivity (Wildman–Crippen MR) is 101 cm³/mol. The normalized spacial score (nSPS) is 10.5. The minimum atomic E-state index is -5.08. The van der Waals surface area contributed by atoms with Gasteiger partial charge in [-0.3, -0.25) is 0 Å². The van der Waals surface area contributed by atoms with Crippen LogP contribution in [0.2, 0.25) is 0 Å². The number of nitrogens with one attached hydrogen (secondary N) is 1. The molecule has 0 saturated heterocycles. The monoisotopic (exact) mass is 515 g/mol. The Morgan fingerprint density at radius 1 is 1.29 bits per heavy atom. The van der Waals surface area contributed by atoms with Crippen molar-refractivity contribution in [2.24, 2.45) is 0 Å². The fourth-order valence-electron chi connectivity index (χ4n) is 1.68. The Morgan fingerprint density at radius 3 is 2.39 bits per heavy atom. The lowest BCUT2D eigenvalue weighted by molar-refractivity contribution is -0.192. The molecule has 4 N–H and O–H groups in total. The fraction of sp³-hybridized carbons (Fsp3) is 0.188. The number of aliphatic carboxylic acids is 1. The molecule has 152 valence electrons. The molecule has 0 bridgehead atoms. The smallest absolute Gasteiger partial charge is 0.475 e. The summed E-state index contributed by atoms with van der Waals surface area (Å²) in [6.45, 7) is 1.94. The van der Waals surface area contributed by atoms with E-state index in [1.165, 1.54) is 18.3 Å². The van der Waals surface area contributed by atoms with Crippen LogP contribution in [0.3, 0.4) is 0 Å². The Morgan fingerprint density at radius 2 is 1.89 bits per heavy atom. The molecule has 0 aliphatic carbocycles. The Balaban J connectivity index is 0.000000480. The fourth-order valence-corrected chi connectivity index (χ4v) is 2.14. The summed E-state index contributed by atoms with van der Waals surface area (Å²) < 4.78 is 51.3. The summed E-state index contributed by atoms with van der Waals surface area (Å²) in [5.74, 6) is -3.51. The minimum Gasteiger partial charge on any atom is -0.475 e. The molecule has 0 unspecified atom stereocenters. The van der Waals surface area contributed by atoms with Gasteiger partial charge in [0.1, 0.15) is 17.2 Å².